The highest BCUT2D eigenvalue weighted by atomic mass is 35.5. The summed E-state index contributed by atoms with van der Waals surface area (Å²) in [4.78, 5) is 14.2. The van der Waals surface area contributed by atoms with Crippen LogP contribution in [0.2, 0.25) is 5.02 Å². The van der Waals surface area contributed by atoms with Gasteiger partial charge in [0.05, 0.1) is 4.91 Å². The minimum absolute atomic E-state index is 0.172. The zero-order valence-corrected chi connectivity index (χ0v) is 12.2. The summed E-state index contributed by atoms with van der Waals surface area (Å²) < 4.78 is 0.477. The van der Waals surface area contributed by atoms with Crippen molar-refractivity contribution >= 4 is 57.6 Å². The van der Waals surface area contributed by atoms with E-state index in [-0.39, 0.29) is 5.91 Å². The van der Waals surface area contributed by atoms with E-state index in [2.05, 4.69) is 5.32 Å². The summed E-state index contributed by atoms with van der Waals surface area (Å²) in [6.45, 7) is 0. The van der Waals surface area contributed by atoms with Crippen LogP contribution in [0.15, 0.2) is 23.1 Å². The van der Waals surface area contributed by atoms with Crippen LogP contribution in [0.1, 0.15) is 5.56 Å². The third-order valence-electron chi connectivity index (χ3n) is 2.43. The van der Waals surface area contributed by atoms with Gasteiger partial charge in [0.2, 0.25) is 0 Å². The van der Waals surface area contributed by atoms with Gasteiger partial charge >= 0.3 is 0 Å². The topological polar surface area (TPSA) is 32.3 Å². The van der Waals surface area contributed by atoms with Crippen LogP contribution in [0.3, 0.4) is 0 Å². The molecule has 1 heterocycles. The number of carbonyl (C=O) groups is 1. The number of hydrogen-bond acceptors (Lipinski definition) is 4. The van der Waals surface area contributed by atoms with Crippen molar-refractivity contribution in [2.24, 2.45) is 0 Å². The molecule has 0 unspecified atom stereocenters. The molecule has 94 valence electrons. The summed E-state index contributed by atoms with van der Waals surface area (Å²) in [6.07, 6.45) is 1.77. The second-order valence-electron chi connectivity index (χ2n) is 3.92. The van der Waals surface area contributed by atoms with Gasteiger partial charge in [-0.25, -0.2) is 0 Å². The van der Waals surface area contributed by atoms with Crippen LogP contribution >= 0.6 is 35.6 Å². The van der Waals surface area contributed by atoms with E-state index in [1.165, 1.54) is 11.8 Å². The first-order chi connectivity index (χ1) is 8.49. The average molecular weight is 299 g/mol. The average Bonchev–Trinajstić information content (AvgIpc) is 2.60. The number of anilines is 1. The number of hydrogen-bond donors (Lipinski definition) is 1. The van der Waals surface area contributed by atoms with Crippen molar-refractivity contribution in [3.05, 3.63) is 33.7 Å². The third-order valence-corrected chi connectivity index (χ3v) is 3.92. The van der Waals surface area contributed by atoms with E-state index in [0.29, 0.717) is 14.2 Å². The number of thiocarbonyl (C=S) groups is 1. The first-order valence-corrected chi connectivity index (χ1v) is 6.80. The Bertz CT molecular complexity index is 555. The largest absolute Gasteiger partial charge is 0.377 e. The van der Waals surface area contributed by atoms with Gasteiger partial charge in [-0.1, -0.05) is 41.6 Å². The number of nitrogens with one attached hydrogen (secondary N) is 1. The van der Waals surface area contributed by atoms with Crippen LogP contribution in [-0.4, -0.2) is 24.3 Å². The van der Waals surface area contributed by atoms with Gasteiger partial charge in [0.15, 0.2) is 0 Å². The standard InChI is InChI=1S/C12H11ClN2OS2/c1-15(2)9-5-3-4-8(13)7(9)6-10-11(16)14-12(17)18-10/h3-6H,1-2H3,(H,14,16,17). The lowest BCUT2D eigenvalue weighted by Gasteiger charge is -2.16. The van der Waals surface area contributed by atoms with E-state index in [1.807, 2.05) is 31.1 Å². The predicted octanol–water partition coefficient (Wildman–Crippen LogP) is 2.89. The molecule has 1 fully saturated rings. The highest BCUT2D eigenvalue weighted by molar-refractivity contribution is 8.26. The normalized spacial score (nSPS) is 17.2. The smallest absolute Gasteiger partial charge is 0.263 e. The molecule has 0 spiro atoms. The van der Waals surface area contributed by atoms with Gasteiger partial charge < -0.3 is 10.2 Å². The second-order valence-corrected chi connectivity index (χ2v) is 6.05. The van der Waals surface area contributed by atoms with Crippen molar-refractivity contribution in [3.8, 4) is 0 Å². The lowest BCUT2D eigenvalue weighted by Crippen LogP contribution is -2.17. The molecule has 1 aromatic rings. The van der Waals surface area contributed by atoms with Gasteiger partial charge in [0.25, 0.3) is 5.91 Å². The Morgan fingerprint density at radius 3 is 2.72 bits per heavy atom. The van der Waals surface area contributed by atoms with Crippen LogP contribution < -0.4 is 10.2 Å². The molecule has 1 saturated heterocycles. The minimum atomic E-state index is -0.172. The van der Waals surface area contributed by atoms with Crippen molar-refractivity contribution in [1.29, 1.82) is 0 Å². The van der Waals surface area contributed by atoms with E-state index >= 15 is 0 Å². The molecule has 1 aliphatic rings. The maximum atomic E-state index is 11.6. The molecular weight excluding hydrogens is 288 g/mol. The highest BCUT2D eigenvalue weighted by Gasteiger charge is 2.23. The number of carbonyl (C=O) groups excluding carboxylic acids is 1. The Labute approximate surface area is 120 Å². The maximum absolute atomic E-state index is 11.6. The molecule has 0 aliphatic carbocycles. The number of halogens is 1. The lowest BCUT2D eigenvalue weighted by molar-refractivity contribution is -0.115. The molecule has 1 N–H and O–H groups in total. The molecule has 3 nitrogen and oxygen atoms in total. The quantitative estimate of drug-likeness (QED) is 0.672. The summed E-state index contributed by atoms with van der Waals surface area (Å²) in [5, 5.41) is 3.20. The zero-order chi connectivity index (χ0) is 13.3. The number of thioether (sulfide) groups is 1. The molecule has 0 atom stereocenters. The van der Waals surface area contributed by atoms with E-state index in [4.69, 9.17) is 23.8 Å². The fourth-order valence-corrected chi connectivity index (χ4v) is 2.86. The molecule has 0 aromatic heterocycles. The summed E-state index contributed by atoms with van der Waals surface area (Å²) in [6, 6.07) is 5.64. The predicted molar refractivity (Wildman–Crippen MR) is 82.1 cm³/mol. The van der Waals surface area contributed by atoms with Crippen LogP contribution in [0, 0.1) is 0 Å². The minimum Gasteiger partial charge on any atom is -0.377 e. The monoisotopic (exact) mass is 298 g/mol. The molecule has 2 rings (SSSR count). The molecule has 1 aliphatic heterocycles. The van der Waals surface area contributed by atoms with E-state index in [0.717, 1.165) is 11.3 Å². The first kappa shape index (κ1) is 13.4. The van der Waals surface area contributed by atoms with Crippen molar-refractivity contribution in [2.75, 3.05) is 19.0 Å². The van der Waals surface area contributed by atoms with Crippen molar-refractivity contribution in [3.63, 3.8) is 0 Å². The Kier molecular flexibility index (Phi) is 3.94. The van der Waals surface area contributed by atoms with Crippen LogP contribution in [0.4, 0.5) is 5.69 Å². The molecule has 1 aromatic carbocycles. The number of amides is 1. The van der Waals surface area contributed by atoms with Gasteiger partial charge in [-0.15, -0.1) is 0 Å². The third kappa shape index (κ3) is 2.68. The SMILES string of the molecule is CN(C)c1cccc(Cl)c1C=C1SC(=S)NC1=O. The number of rotatable bonds is 2. The van der Waals surface area contributed by atoms with Crippen LogP contribution in [0.25, 0.3) is 6.08 Å². The van der Waals surface area contributed by atoms with Gasteiger partial charge in [-0.3, -0.25) is 4.79 Å². The Hall–Kier alpha value is -1.04. The summed E-state index contributed by atoms with van der Waals surface area (Å²) in [5.41, 5.74) is 1.78. The Morgan fingerprint density at radius 1 is 1.44 bits per heavy atom. The number of nitrogens with zero attached hydrogens (tertiary/aromatic N) is 1. The molecule has 0 saturated carbocycles. The molecule has 18 heavy (non-hydrogen) atoms. The molecular formula is C12H11ClN2OS2. The van der Waals surface area contributed by atoms with Gasteiger partial charge in [0.1, 0.15) is 4.32 Å². The second kappa shape index (κ2) is 5.30. The fraction of sp³-hybridized carbons (Fsp3) is 0.167. The summed E-state index contributed by atoms with van der Waals surface area (Å²) >= 11 is 12.4. The Morgan fingerprint density at radius 2 is 2.17 bits per heavy atom. The number of benzene rings is 1. The zero-order valence-electron chi connectivity index (χ0n) is 9.86. The molecule has 1 amide bonds. The first-order valence-electron chi connectivity index (χ1n) is 5.19. The highest BCUT2D eigenvalue weighted by Crippen LogP contribution is 2.33. The van der Waals surface area contributed by atoms with Gasteiger partial charge in [-0.05, 0) is 18.2 Å². The molecule has 6 heteroatoms. The fourth-order valence-electron chi connectivity index (χ4n) is 1.61. The maximum Gasteiger partial charge on any atom is 0.263 e. The Balaban J connectivity index is 2.49. The lowest BCUT2D eigenvalue weighted by atomic mass is 10.1. The van der Waals surface area contributed by atoms with E-state index in [1.54, 1.807) is 12.1 Å². The molecule has 0 bridgehead atoms. The van der Waals surface area contributed by atoms with Crippen molar-refractivity contribution in [2.45, 2.75) is 0 Å². The van der Waals surface area contributed by atoms with Gasteiger partial charge in [-0.2, -0.15) is 0 Å². The van der Waals surface area contributed by atoms with Crippen molar-refractivity contribution < 1.29 is 4.79 Å². The van der Waals surface area contributed by atoms with Gasteiger partial charge in [0, 0.05) is 30.4 Å². The summed E-state index contributed by atoms with van der Waals surface area (Å²) in [7, 11) is 3.86. The van der Waals surface area contributed by atoms with Crippen LogP contribution in [-0.2, 0) is 4.79 Å². The summed E-state index contributed by atoms with van der Waals surface area (Å²) in [5.74, 6) is -0.172. The van der Waals surface area contributed by atoms with E-state index < -0.39 is 0 Å². The van der Waals surface area contributed by atoms with Crippen molar-refractivity contribution in [1.82, 2.24) is 5.32 Å². The van der Waals surface area contributed by atoms with Crippen LogP contribution in [0.5, 0.6) is 0 Å². The van der Waals surface area contributed by atoms with E-state index in [9.17, 15) is 4.79 Å². The molecule has 0 radical (unpaired) electrons.